The molecule has 2 aliphatic rings. The molecule has 116 valence electrons. The molecule has 5 heteroatoms. The van der Waals surface area contributed by atoms with Crippen LogP contribution < -0.4 is 24.8 Å². The summed E-state index contributed by atoms with van der Waals surface area (Å²) in [4.78, 5) is 0. The number of hydrogen-bond acceptors (Lipinski definition) is 2. The molecule has 21 heavy (non-hydrogen) atoms. The molecular formula is C16H22Cl2O2Zr. The van der Waals surface area contributed by atoms with E-state index in [0.29, 0.717) is 0 Å². The average Bonchev–Trinajstić information content (AvgIpc) is 3.06. The maximum atomic E-state index is 5.49. The van der Waals surface area contributed by atoms with E-state index in [1.165, 1.54) is 11.1 Å². The van der Waals surface area contributed by atoms with Gasteiger partial charge in [0.2, 0.25) is 0 Å². The molecule has 0 radical (unpaired) electrons. The summed E-state index contributed by atoms with van der Waals surface area (Å²) in [6, 6.07) is 0. The molecular weight excluding hydrogens is 386 g/mol. The molecule has 2 unspecified atom stereocenters. The van der Waals surface area contributed by atoms with Crippen LogP contribution in [0, 0.1) is 0 Å². The molecule has 2 nitrogen and oxygen atoms in total. The quantitative estimate of drug-likeness (QED) is 0.487. The van der Waals surface area contributed by atoms with Gasteiger partial charge in [-0.25, -0.2) is 0 Å². The molecule has 2 rings (SSSR count). The van der Waals surface area contributed by atoms with Crippen LogP contribution in [0.3, 0.4) is 0 Å². The zero-order chi connectivity index (χ0) is 13.8. The Hall–Kier alpha value is 0.343. The van der Waals surface area contributed by atoms with Gasteiger partial charge in [-0.3, -0.25) is 0 Å². The van der Waals surface area contributed by atoms with Crippen LogP contribution >= 0.6 is 0 Å². The summed E-state index contributed by atoms with van der Waals surface area (Å²) in [5.74, 6) is 0. The topological polar surface area (TPSA) is 18.5 Å². The van der Waals surface area contributed by atoms with Crippen LogP contribution in [0.4, 0.5) is 0 Å². The van der Waals surface area contributed by atoms with Gasteiger partial charge < -0.3 is 24.8 Å². The first kappa shape index (κ1) is 21.3. The molecule has 0 aromatic carbocycles. The average molecular weight is 408 g/mol. The zero-order valence-corrected chi connectivity index (χ0v) is 16.9. The van der Waals surface area contributed by atoms with Crippen LogP contribution in [0.1, 0.15) is 26.7 Å². The Balaban J connectivity index is 0.00000200. The number of halogens is 2. The van der Waals surface area contributed by atoms with Crippen molar-refractivity contribution in [2.24, 2.45) is 0 Å². The molecule has 0 bridgehead atoms. The van der Waals surface area contributed by atoms with Crippen molar-refractivity contribution in [3.8, 4) is 0 Å². The molecule has 0 amide bonds. The van der Waals surface area contributed by atoms with Gasteiger partial charge in [0.25, 0.3) is 0 Å². The first-order valence-electron chi connectivity index (χ1n) is 6.79. The van der Waals surface area contributed by atoms with E-state index in [9.17, 15) is 0 Å². The maximum absolute atomic E-state index is 5.49. The third-order valence-electron chi connectivity index (χ3n) is 3.82. The van der Waals surface area contributed by atoms with Gasteiger partial charge in [0, 0.05) is 0 Å². The minimum atomic E-state index is -0.676. The van der Waals surface area contributed by atoms with Crippen LogP contribution in [-0.2, 0) is 32.7 Å². The van der Waals surface area contributed by atoms with Crippen LogP contribution in [-0.4, -0.2) is 26.4 Å². The molecule has 0 aliphatic heterocycles. The van der Waals surface area contributed by atoms with Gasteiger partial charge in [-0.05, 0) is 0 Å². The van der Waals surface area contributed by atoms with E-state index in [4.69, 9.17) is 9.47 Å². The van der Waals surface area contributed by atoms with Crippen molar-refractivity contribution in [1.82, 2.24) is 0 Å². The first-order valence-corrected chi connectivity index (χ1v) is 9.25. The van der Waals surface area contributed by atoms with Crippen molar-refractivity contribution in [2.45, 2.75) is 38.9 Å². The van der Waals surface area contributed by atoms with E-state index < -0.39 is 23.2 Å². The largest absolute Gasteiger partial charge is 1.00 e. The fourth-order valence-corrected chi connectivity index (χ4v) is 6.58. The molecule has 0 spiro atoms. The predicted molar refractivity (Wildman–Crippen MR) is 74.5 cm³/mol. The Labute approximate surface area is 152 Å². The predicted octanol–water partition coefficient (Wildman–Crippen LogP) is -2.43. The van der Waals surface area contributed by atoms with Crippen LogP contribution in [0.2, 0.25) is 0 Å². The molecule has 0 fully saturated rings. The summed E-state index contributed by atoms with van der Waals surface area (Å²) in [5, 5.41) is 0. The third-order valence-corrected chi connectivity index (χ3v) is 7.73. The Morgan fingerprint density at radius 1 is 0.857 bits per heavy atom. The second-order valence-electron chi connectivity index (χ2n) is 4.96. The van der Waals surface area contributed by atoms with Gasteiger partial charge in [0.15, 0.2) is 0 Å². The standard InChI is InChI=1S/2C8H11O.2ClH.Zr/c2*1-7(9-2)8-5-3-4-6-8;;;/h2*3,5,7H,4H2,1-2H3;2*1H;/q;;;;+2/p-2. The van der Waals surface area contributed by atoms with Gasteiger partial charge in [0.1, 0.15) is 0 Å². The Morgan fingerprint density at radius 2 is 1.24 bits per heavy atom. The monoisotopic (exact) mass is 406 g/mol. The van der Waals surface area contributed by atoms with E-state index >= 15 is 0 Å². The van der Waals surface area contributed by atoms with Gasteiger partial charge in [-0.2, -0.15) is 0 Å². The van der Waals surface area contributed by atoms with Crippen molar-refractivity contribution in [1.29, 1.82) is 0 Å². The normalized spacial score (nSPS) is 19.2. The van der Waals surface area contributed by atoms with Crippen molar-refractivity contribution >= 4 is 0 Å². The van der Waals surface area contributed by atoms with E-state index in [1.807, 2.05) is 0 Å². The molecule has 0 saturated carbocycles. The number of hydrogen-bond donors (Lipinski definition) is 0. The van der Waals surface area contributed by atoms with E-state index in [-0.39, 0.29) is 37.0 Å². The Kier molecular flexibility index (Phi) is 10.3. The minimum Gasteiger partial charge on any atom is -1.00 e. The van der Waals surface area contributed by atoms with Crippen LogP contribution in [0.5, 0.6) is 0 Å². The van der Waals surface area contributed by atoms with Crippen LogP contribution in [0.15, 0.2) is 42.0 Å². The minimum absolute atomic E-state index is 0. The van der Waals surface area contributed by atoms with Crippen molar-refractivity contribution in [3.05, 3.63) is 42.0 Å². The summed E-state index contributed by atoms with van der Waals surface area (Å²) in [6.45, 7) is 4.29. The smallest absolute Gasteiger partial charge is 1.00 e. The number of rotatable bonds is 6. The van der Waals surface area contributed by atoms with Crippen molar-refractivity contribution < 1.29 is 57.5 Å². The Morgan fingerprint density at radius 3 is 1.57 bits per heavy atom. The van der Waals surface area contributed by atoms with E-state index in [2.05, 4.69) is 38.2 Å². The summed E-state index contributed by atoms with van der Waals surface area (Å²) >= 11 is -0.676. The summed E-state index contributed by atoms with van der Waals surface area (Å²) in [7, 11) is 3.59. The number of allylic oxidation sites excluding steroid dienone is 4. The number of methoxy groups -OCH3 is 2. The zero-order valence-electron chi connectivity index (χ0n) is 13.0. The number of ether oxygens (including phenoxy) is 2. The molecule has 0 aromatic rings. The molecule has 0 N–H and O–H groups in total. The molecule has 2 aliphatic carbocycles. The summed E-state index contributed by atoms with van der Waals surface area (Å²) in [5.41, 5.74) is 2.86. The molecule has 2 atom stereocenters. The van der Waals surface area contributed by atoms with E-state index in [0.717, 1.165) is 12.8 Å². The summed E-state index contributed by atoms with van der Waals surface area (Å²) in [6.07, 6.45) is 11.8. The Bertz CT molecular complexity index is 425. The van der Waals surface area contributed by atoms with Crippen molar-refractivity contribution in [3.63, 3.8) is 0 Å². The van der Waals surface area contributed by atoms with Gasteiger partial charge in [0.05, 0.1) is 0 Å². The SMILES string of the molecule is COC(C)C1=[C]([Zr+2][C]2=C(C(C)OC)C=CC2)CC=C1.[Cl-].[Cl-]. The second kappa shape index (κ2) is 10.2. The van der Waals surface area contributed by atoms with Crippen molar-refractivity contribution in [2.75, 3.05) is 14.2 Å². The maximum Gasteiger partial charge on any atom is -1.00 e. The molecule has 0 saturated heterocycles. The fraction of sp³-hybridized carbons (Fsp3) is 0.500. The van der Waals surface area contributed by atoms with Gasteiger partial charge >= 0.3 is 128 Å². The van der Waals surface area contributed by atoms with Gasteiger partial charge in [-0.15, -0.1) is 0 Å². The first-order chi connectivity index (χ1) is 9.17. The third kappa shape index (κ3) is 5.18. The summed E-state index contributed by atoms with van der Waals surface area (Å²) < 4.78 is 14.3. The van der Waals surface area contributed by atoms with Crippen LogP contribution in [0.25, 0.3) is 0 Å². The molecule has 0 aromatic heterocycles. The fourth-order valence-electron chi connectivity index (χ4n) is 2.49. The van der Waals surface area contributed by atoms with E-state index in [1.54, 1.807) is 20.8 Å². The van der Waals surface area contributed by atoms with Gasteiger partial charge in [-0.1, -0.05) is 0 Å². The molecule has 0 heterocycles. The second-order valence-corrected chi connectivity index (χ2v) is 8.54.